The highest BCUT2D eigenvalue weighted by atomic mass is 16.5. The van der Waals surface area contributed by atoms with Gasteiger partial charge in [0.1, 0.15) is 6.10 Å². The van der Waals surface area contributed by atoms with Crippen molar-refractivity contribution in [3.05, 3.63) is 0 Å². The summed E-state index contributed by atoms with van der Waals surface area (Å²) in [7, 11) is 1.96. The summed E-state index contributed by atoms with van der Waals surface area (Å²) in [6.45, 7) is 5.12. The number of carboxylic acid groups (broad SMARTS) is 1. The number of carbonyl (C=O) groups excluding carboxylic acids is 1. The Morgan fingerprint density at radius 3 is 1.70 bits per heavy atom. The zero-order valence-corrected chi connectivity index (χ0v) is 20.1. The van der Waals surface area contributed by atoms with Crippen LogP contribution in [0.15, 0.2) is 0 Å². The lowest BCUT2D eigenvalue weighted by atomic mass is 10.0. The predicted octanol–water partition coefficient (Wildman–Crippen LogP) is 6.59. The molecule has 0 fully saturated rings. The first-order chi connectivity index (χ1) is 14.5. The van der Waals surface area contributed by atoms with Gasteiger partial charge in [-0.15, -0.1) is 0 Å². The Labute approximate surface area is 185 Å². The number of ether oxygens (including phenoxy) is 1. The maximum Gasteiger partial charge on any atom is 0.303 e. The number of likely N-dealkylation sites (N-methyl/N-ethyl adjacent to an activating group) is 1. The fourth-order valence-corrected chi connectivity index (χ4v) is 3.93. The zero-order chi connectivity index (χ0) is 22.5. The van der Waals surface area contributed by atoms with E-state index in [0.29, 0.717) is 19.5 Å². The molecule has 1 unspecified atom stereocenters. The van der Waals surface area contributed by atoms with Crippen molar-refractivity contribution in [2.75, 3.05) is 20.1 Å². The number of nitrogens with zero attached hydrogens (tertiary/aromatic N) is 1. The molecular weight excluding hydrogens is 378 g/mol. The van der Waals surface area contributed by atoms with Gasteiger partial charge in [-0.2, -0.15) is 0 Å². The van der Waals surface area contributed by atoms with Crippen LogP contribution < -0.4 is 0 Å². The number of hydrogen-bond donors (Lipinski definition) is 1. The second-order valence-electron chi connectivity index (χ2n) is 8.88. The lowest BCUT2D eigenvalue weighted by Crippen LogP contribution is -2.33. The summed E-state index contributed by atoms with van der Waals surface area (Å²) in [6, 6.07) is 0. The standard InChI is InChI=1S/C25H49NO4/c1-4-5-6-7-8-9-10-11-12-13-14-15-16-17-19-24(30-23(2)27)22-26(3)21-18-20-25(28)29/h24H,4-22H2,1-3H3,(H,28,29). The van der Waals surface area contributed by atoms with E-state index < -0.39 is 5.97 Å². The van der Waals surface area contributed by atoms with Crippen molar-refractivity contribution in [2.45, 2.75) is 129 Å². The van der Waals surface area contributed by atoms with Crippen LogP contribution in [0, 0.1) is 0 Å². The van der Waals surface area contributed by atoms with E-state index in [1.165, 1.54) is 90.4 Å². The van der Waals surface area contributed by atoms with Crippen molar-refractivity contribution in [3.8, 4) is 0 Å². The van der Waals surface area contributed by atoms with Gasteiger partial charge < -0.3 is 14.7 Å². The van der Waals surface area contributed by atoms with E-state index in [0.717, 1.165) is 12.8 Å². The molecule has 0 aromatic heterocycles. The van der Waals surface area contributed by atoms with Gasteiger partial charge in [-0.25, -0.2) is 0 Å². The molecule has 0 rings (SSSR count). The van der Waals surface area contributed by atoms with Crippen LogP contribution in [0.25, 0.3) is 0 Å². The van der Waals surface area contributed by atoms with E-state index in [4.69, 9.17) is 9.84 Å². The van der Waals surface area contributed by atoms with Crippen LogP contribution in [-0.2, 0) is 14.3 Å². The van der Waals surface area contributed by atoms with Crippen molar-refractivity contribution in [1.82, 2.24) is 4.90 Å². The van der Waals surface area contributed by atoms with E-state index in [2.05, 4.69) is 11.8 Å². The normalized spacial score (nSPS) is 12.3. The van der Waals surface area contributed by atoms with Gasteiger partial charge in [0.2, 0.25) is 0 Å². The molecule has 0 aromatic carbocycles. The Kier molecular flexibility index (Phi) is 20.4. The molecule has 0 bridgehead atoms. The van der Waals surface area contributed by atoms with E-state index in [1.807, 2.05) is 7.05 Å². The number of aliphatic carboxylic acids is 1. The van der Waals surface area contributed by atoms with Crippen molar-refractivity contribution in [3.63, 3.8) is 0 Å². The first-order valence-corrected chi connectivity index (χ1v) is 12.5. The molecule has 0 saturated carbocycles. The third-order valence-electron chi connectivity index (χ3n) is 5.66. The minimum absolute atomic E-state index is 0.0883. The highest BCUT2D eigenvalue weighted by Crippen LogP contribution is 2.15. The number of hydrogen-bond acceptors (Lipinski definition) is 4. The second-order valence-corrected chi connectivity index (χ2v) is 8.88. The molecule has 30 heavy (non-hydrogen) atoms. The lowest BCUT2D eigenvalue weighted by Gasteiger charge is -2.23. The molecule has 0 aliphatic heterocycles. The number of esters is 1. The van der Waals surface area contributed by atoms with Gasteiger partial charge in [-0.05, 0) is 32.9 Å². The summed E-state index contributed by atoms with van der Waals surface area (Å²) < 4.78 is 5.46. The van der Waals surface area contributed by atoms with E-state index in [1.54, 1.807) is 0 Å². The van der Waals surface area contributed by atoms with Gasteiger partial charge in [-0.1, -0.05) is 90.4 Å². The van der Waals surface area contributed by atoms with Crippen LogP contribution in [-0.4, -0.2) is 48.2 Å². The average molecular weight is 428 g/mol. The fraction of sp³-hybridized carbons (Fsp3) is 0.920. The van der Waals surface area contributed by atoms with Crippen LogP contribution in [0.2, 0.25) is 0 Å². The van der Waals surface area contributed by atoms with Crippen LogP contribution in [0.1, 0.15) is 123 Å². The maximum absolute atomic E-state index is 11.4. The van der Waals surface area contributed by atoms with E-state index >= 15 is 0 Å². The van der Waals surface area contributed by atoms with Crippen molar-refractivity contribution >= 4 is 11.9 Å². The zero-order valence-electron chi connectivity index (χ0n) is 20.1. The van der Waals surface area contributed by atoms with E-state index in [9.17, 15) is 9.59 Å². The molecule has 178 valence electrons. The summed E-state index contributed by atoms with van der Waals surface area (Å²) in [5.41, 5.74) is 0. The van der Waals surface area contributed by atoms with Crippen molar-refractivity contribution in [2.24, 2.45) is 0 Å². The summed E-state index contributed by atoms with van der Waals surface area (Å²) in [5.74, 6) is -0.994. The Morgan fingerprint density at radius 2 is 1.27 bits per heavy atom. The summed E-state index contributed by atoms with van der Waals surface area (Å²) in [4.78, 5) is 24.1. The molecule has 1 atom stereocenters. The van der Waals surface area contributed by atoms with Gasteiger partial charge >= 0.3 is 11.9 Å². The van der Waals surface area contributed by atoms with Crippen LogP contribution >= 0.6 is 0 Å². The van der Waals surface area contributed by atoms with Gasteiger partial charge in [0.15, 0.2) is 0 Å². The number of carboxylic acids is 1. The lowest BCUT2D eigenvalue weighted by molar-refractivity contribution is -0.147. The number of unbranched alkanes of at least 4 members (excludes halogenated alkanes) is 13. The number of carbonyl (C=O) groups is 2. The SMILES string of the molecule is CCCCCCCCCCCCCCCCC(CN(C)CCCC(=O)O)OC(C)=O. The minimum atomic E-state index is -0.762. The largest absolute Gasteiger partial charge is 0.481 e. The third kappa shape index (κ3) is 21.6. The topological polar surface area (TPSA) is 66.8 Å². The maximum atomic E-state index is 11.4. The minimum Gasteiger partial charge on any atom is -0.481 e. The molecule has 1 N–H and O–H groups in total. The Balaban J connectivity index is 3.65. The molecule has 5 heteroatoms. The average Bonchev–Trinajstić information content (AvgIpc) is 2.67. The molecular formula is C25H49NO4. The van der Waals surface area contributed by atoms with Crippen molar-refractivity contribution < 1.29 is 19.4 Å². The van der Waals surface area contributed by atoms with Gasteiger partial charge in [-0.3, -0.25) is 9.59 Å². The summed E-state index contributed by atoms with van der Waals surface area (Å²) >= 11 is 0. The molecule has 0 radical (unpaired) electrons. The monoisotopic (exact) mass is 427 g/mol. The van der Waals surface area contributed by atoms with Gasteiger partial charge in [0.25, 0.3) is 0 Å². The smallest absolute Gasteiger partial charge is 0.303 e. The summed E-state index contributed by atoms with van der Waals surface area (Å²) in [6.07, 6.45) is 20.3. The molecule has 5 nitrogen and oxygen atoms in total. The molecule has 0 aliphatic rings. The highest BCUT2D eigenvalue weighted by Gasteiger charge is 2.14. The first kappa shape index (κ1) is 28.9. The number of rotatable bonds is 22. The first-order valence-electron chi connectivity index (χ1n) is 12.5. The molecule has 0 spiro atoms. The summed E-state index contributed by atoms with van der Waals surface area (Å²) in [5, 5.41) is 8.73. The predicted molar refractivity (Wildman–Crippen MR) is 125 cm³/mol. The Bertz CT molecular complexity index is 414. The Morgan fingerprint density at radius 1 is 0.800 bits per heavy atom. The molecule has 0 aromatic rings. The third-order valence-corrected chi connectivity index (χ3v) is 5.66. The van der Waals surface area contributed by atoms with Gasteiger partial charge in [0, 0.05) is 19.9 Å². The molecule has 0 amide bonds. The quantitative estimate of drug-likeness (QED) is 0.156. The Hall–Kier alpha value is -1.10. The van der Waals surface area contributed by atoms with Gasteiger partial charge in [0.05, 0.1) is 0 Å². The second kappa shape index (κ2) is 21.1. The van der Waals surface area contributed by atoms with Crippen LogP contribution in [0.3, 0.4) is 0 Å². The highest BCUT2D eigenvalue weighted by molar-refractivity contribution is 5.66. The molecule has 0 heterocycles. The fourth-order valence-electron chi connectivity index (χ4n) is 3.93. The molecule has 0 saturated heterocycles. The van der Waals surface area contributed by atoms with Crippen LogP contribution in [0.4, 0.5) is 0 Å². The van der Waals surface area contributed by atoms with Crippen molar-refractivity contribution in [1.29, 1.82) is 0 Å². The molecule has 0 aliphatic carbocycles. The van der Waals surface area contributed by atoms with E-state index in [-0.39, 0.29) is 18.5 Å². The van der Waals surface area contributed by atoms with Crippen LogP contribution in [0.5, 0.6) is 0 Å².